The fourth-order valence-corrected chi connectivity index (χ4v) is 5.48. The van der Waals surface area contributed by atoms with Crippen molar-refractivity contribution >= 4 is 34.9 Å². The summed E-state index contributed by atoms with van der Waals surface area (Å²) >= 11 is 13.3. The SMILES string of the molecule is COC(=O)C1CCC(N(C)Cc2ccc(-c3cccc(-c4cccc(N)c4Cl)c3Cl)nc2OC)CC1. The van der Waals surface area contributed by atoms with Gasteiger partial charge >= 0.3 is 5.97 Å². The van der Waals surface area contributed by atoms with Crippen molar-refractivity contribution in [3.8, 4) is 28.3 Å². The van der Waals surface area contributed by atoms with Crippen molar-refractivity contribution in [1.82, 2.24) is 9.88 Å². The molecule has 0 aliphatic heterocycles. The van der Waals surface area contributed by atoms with E-state index in [1.54, 1.807) is 13.2 Å². The number of esters is 1. The second-order valence-electron chi connectivity index (χ2n) is 9.18. The molecule has 0 radical (unpaired) electrons. The van der Waals surface area contributed by atoms with Gasteiger partial charge in [0.05, 0.1) is 41.6 Å². The number of pyridine rings is 1. The fourth-order valence-electron chi connectivity index (χ4n) is 4.93. The first-order chi connectivity index (χ1) is 17.3. The van der Waals surface area contributed by atoms with Crippen LogP contribution in [-0.2, 0) is 16.1 Å². The molecule has 3 aromatic rings. The van der Waals surface area contributed by atoms with Crippen LogP contribution in [0.2, 0.25) is 10.0 Å². The largest absolute Gasteiger partial charge is 0.481 e. The molecule has 2 N–H and O–H groups in total. The molecule has 1 aromatic heterocycles. The van der Waals surface area contributed by atoms with E-state index in [1.807, 2.05) is 42.5 Å². The quantitative estimate of drug-likeness (QED) is 0.280. The number of ether oxygens (including phenoxy) is 2. The zero-order valence-electron chi connectivity index (χ0n) is 20.8. The highest BCUT2D eigenvalue weighted by Crippen LogP contribution is 2.41. The molecule has 1 aliphatic carbocycles. The van der Waals surface area contributed by atoms with Crippen molar-refractivity contribution in [2.24, 2.45) is 5.92 Å². The lowest BCUT2D eigenvalue weighted by atomic mass is 9.85. The van der Waals surface area contributed by atoms with Crippen molar-refractivity contribution in [1.29, 1.82) is 0 Å². The molecular weight excluding hydrogens is 497 g/mol. The first kappa shape index (κ1) is 26.3. The number of rotatable bonds is 7. The van der Waals surface area contributed by atoms with E-state index < -0.39 is 0 Å². The van der Waals surface area contributed by atoms with Crippen LogP contribution < -0.4 is 10.5 Å². The standard InChI is InChI=1S/C28H31Cl2N3O3/c1-33(19-13-10-17(11-14-19)28(34)36-3)16-18-12-15-24(32-27(18)35-2)22-8-4-6-20(25(22)29)21-7-5-9-23(31)26(21)30/h4-9,12,15,17,19H,10-11,13-14,16,31H2,1-3H3. The molecule has 1 heterocycles. The van der Waals surface area contributed by atoms with Crippen molar-refractivity contribution in [3.63, 3.8) is 0 Å². The van der Waals surface area contributed by atoms with Crippen LogP contribution in [0, 0.1) is 5.92 Å². The fraction of sp³-hybridized carbons (Fsp3) is 0.357. The lowest BCUT2D eigenvalue weighted by Crippen LogP contribution is -2.36. The maximum absolute atomic E-state index is 11.8. The number of aromatic nitrogens is 1. The van der Waals surface area contributed by atoms with Crippen molar-refractivity contribution in [3.05, 3.63) is 64.1 Å². The number of nitrogens with zero attached hydrogens (tertiary/aromatic N) is 2. The van der Waals surface area contributed by atoms with Crippen LogP contribution >= 0.6 is 23.2 Å². The average Bonchev–Trinajstić information content (AvgIpc) is 2.90. The smallest absolute Gasteiger partial charge is 0.308 e. The molecule has 0 saturated heterocycles. The van der Waals surface area contributed by atoms with Gasteiger partial charge in [0.25, 0.3) is 0 Å². The summed E-state index contributed by atoms with van der Waals surface area (Å²) in [5.41, 5.74) is 10.6. The van der Waals surface area contributed by atoms with Crippen LogP contribution in [0.1, 0.15) is 31.2 Å². The number of hydrogen-bond donors (Lipinski definition) is 1. The van der Waals surface area contributed by atoms with E-state index in [2.05, 4.69) is 11.9 Å². The minimum absolute atomic E-state index is 0.0119. The minimum Gasteiger partial charge on any atom is -0.481 e. The van der Waals surface area contributed by atoms with Crippen LogP contribution in [0.25, 0.3) is 22.4 Å². The lowest BCUT2D eigenvalue weighted by molar-refractivity contribution is -0.146. The highest BCUT2D eigenvalue weighted by molar-refractivity contribution is 6.39. The van der Waals surface area contributed by atoms with Crippen molar-refractivity contribution in [2.75, 3.05) is 27.0 Å². The molecule has 6 nitrogen and oxygen atoms in total. The van der Waals surface area contributed by atoms with E-state index in [-0.39, 0.29) is 11.9 Å². The van der Waals surface area contributed by atoms with Crippen molar-refractivity contribution < 1.29 is 14.3 Å². The molecule has 1 aliphatic rings. The van der Waals surface area contributed by atoms with Gasteiger partial charge in [-0.05, 0) is 44.9 Å². The first-order valence-electron chi connectivity index (χ1n) is 12.0. The molecule has 0 spiro atoms. The molecule has 1 saturated carbocycles. The maximum Gasteiger partial charge on any atom is 0.308 e. The number of benzene rings is 2. The molecule has 4 rings (SSSR count). The zero-order valence-corrected chi connectivity index (χ0v) is 22.3. The molecule has 8 heteroatoms. The van der Waals surface area contributed by atoms with E-state index >= 15 is 0 Å². The van der Waals surface area contributed by atoms with Gasteiger partial charge in [0.2, 0.25) is 5.88 Å². The van der Waals surface area contributed by atoms with Crippen LogP contribution in [0.5, 0.6) is 5.88 Å². The number of carbonyl (C=O) groups excluding carboxylic acids is 1. The Morgan fingerprint density at radius 3 is 2.28 bits per heavy atom. The Bertz CT molecular complexity index is 1240. The molecule has 0 atom stereocenters. The van der Waals surface area contributed by atoms with E-state index in [0.717, 1.165) is 47.9 Å². The average molecular weight is 528 g/mol. The molecule has 2 aromatic carbocycles. The molecular formula is C28H31Cl2N3O3. The molecule has 0 unspecified atom stereocenters. The van der Waals surface area contributed by atoms with Gasteiger partial charge in [-0.3, -0.25) is 9.69 Å². The number of nitrogens with two attached hydrogens (primary N) is 1. The summed E-state index contributed by atoms with van der Waals surface area (Å²) < 4.78 is 10.6. The van der Waals surface area contributed by atoms with Crippen LogP contribution in [0.4, 0.5) is 5.69 Å². The third kappa shape index (κ3) is 5.46. The summed E-state index contributed by atoms with van der Waals surface area (Å²) in [6.07, 6.45) is 3.61. The topological polar surface area (TPSA) is 77.7 Å². The van der Waals surface area contributed by atoms with Crippen LogP contribution in [0.15, 0.2) is 48.5 Å². The van der Waals surface area contributed by atoms with Gasteiger partial charge < -0.3 is 15.2 Å². The summed E-state index contributed by atoms with van der Waals surface area (Å²) in [6, 6.07) is 15.7. The van der Waals surface area contributed by atoms with Gasteiger partial charge in [-0.1, -0.05) is 59.6 Å². The normalized spacial score (nSPS) is 17.7. The minimum atomic E-state index is -0.0988. The van der Waals surface area contributed by atoms with Crippen molar-refractivity contribution in [2.45, 2.75) is 38.3 Å². The molecule has 36 heavy (non-hydrogen) atoms. The Kier molecular flexibility index (Phi) is 8.39. The van der Waals surface area contributed by atoms with Gasteiger partial charge in [0.15, 0.2) is 0 Å². The van der Waals surface area contributed by atoms with Crippen LogP contribution in [0.3, 0.4) is 0 Å². The predicted molar refractivity (Wildman–Crippen MR) is 145 cm³/mol. The number of methoxy groups -OCH3 is 2. The van der Waals surface area contributed by atoms with Gasteiger partial charge in [0, 0.05) is 34.8 Å². The second kappa shape index (κ2) is 11.5. The third-order valence-electron chi connectivity index (χ3n) is 7.00. The monoisotopic (exact) mass is 527 g/mol. The number of anilines is 1. The van der Waals surface area contributed by atoms with Gasteiger partial charge in [-0.15, -0.1) is 0 Å². The molecule has 1 fully saturated rings. The number of carbonyl (C=O) groups is 1. The zero-order chi connectivity index (χ0) is 25.8. The Labute approximate surface area is 222 Å². The summed E-state index contributed by atoms with van der Waals surface area (Å²) in [5.74, 6) is 0.474. The predicted octanol–water partition coefficient (Wildman–Crippen LogP) is 6.48. The Morgan fingerprint density at radius 1 is 0.972 bits per heavy atom. The first-order valence-corrected chi connectivity index (χ1v) is 12.7. The summed E-state index contributed by atoms with van der Waals surface area (Å²) in [4.78, 5) is 18.9. The van der Waals surface area contributed by atoms with Gasteiger partial charge in [-0.2, -0.15) is 0 Å². The highest BCUT2D eigenvalue weighted by atomic mass is 35.5. The number of halogens is 2. The summed E-state index contributed by atoms with van der Waals surface area (Å²) in [5, 5.41) is 1.02. The van der Waals surface area contributed by atoms with E-state index in [4.69, 9.17) is 43.4 Å². The highest BCUT2D eigenvalue weighted by Gasteiger charge is 2.29. The number of nitrogen functional groups attached to an aromatic ring is 1. The summed E-state index contributed by atoms with van der Waals surface area (Å²) in [6.45, 7) is 0.691. The maximum atomic E-state index is 11.8. The van der Waals surface area contributed by atoms with Gasteiger partial charge in [-0.25, -0.2) is 4.98 Å². The van der Waals surface area contributed by atoms with E-state index in [9.17, 15) is 4.79 Å². The summed E-state index contributed by atoms with van der Waals surface area (Å²) in [7, 11) is 5.19. The van der Waals surface area contributed by atoms with Gasteiger partial charge in [0.1, 0.15) is 0 Å². The Hall–Kier alpha value is -2.80. The van der Waals surface area contributed by atoms with E-state index in [0.29, 0.717) is 39.9 Å². The molecule has 0 amide bonds. The van der Waals surface area contributed by atoms with E-state index in [1.165, 1.54) is 7.11 Å². The van der Waals surface area contributed by atoms with Crippen LogP contribution in [-0.4, -0.2) is 43.2 Å². The number of hydrogen-bond acceptors (Lipinski definition) is 6. The lowest BCUT2D eigenvalue weighted by Gasteiger charge is -2.34. The molecule has 0 bridgehead atoms. The Morgan fingerprint density at radius 2 is 1.61 bits per heavy atom. The Balaban J connectivity index is 1.55. The second-order valence-corrected chi connectivity index (χ2v) is 9.94. The third-order valence-corrected chi connectivity index (χ3v) is 7.83. The molecule has 190 valence electrons.